The highest BCUT2D eigenvalue weighted by Gasteiger charge is 2.12. The first kappa shape index (κ1) is 12.6. The van der Waals surface area contributed by atoms with E-state index in [1.807, 2.05) is 38.2 Å². The molecule has 0 fully saturated rings. The quantitative estimate of drug-likeness (QED) is 0.746. The highest BCUT2D eigenvalue weighted by molar-refractivity contribution is 5.77. The lowest BCUT2D eigenvalue weighted by molar-refractivity contribution is -0.121. The summed E-state index contributed by atoms with van der Waals surface area (Å²) >= 11 is 0. The number of rotatable bonds is 5. The predicted molar refractivity (Wildman–Crippen MR) is 71.2 cm³/mol. The number of hydrogen-bond acceptors (Lipinski definition) is 3. The van der Waals surface area contributed by atoms with Crippen molar-refractivity contribution in [3.05, 3.63) is 30.1 Å². The summed E-state index contributed by atoms with van der Waals surface area (Å²) in [4.78, 5) is 19.3. The second-order valence-electron chi connectivity index (χ2n) is 4.28. The van der Waals surface area contributed by atoms with Crippen molar-refractivity contribution < 1.29 is 4.79 Å². The number of benzene rings is 1. The molecule has 0 spiro atoms. The third kappa shape index (κ3) is 2.87. The van der Waals surface area contributed by atoms with Gasteiger partial charge < -0.3 is 15.6 Å². The Morgan fingerprint density at radius 2 is 2.22 bits per heavy atom. The van der Waals surface area contributed by atoms with E-state index in [0.717, 1.165) is 16.9 Å². The highest BCUT2D eigenvalue weighted by Crippen LogP contribution is 2.15. The van der Waals surface area contributed by atoms with Crippen molar-refractivity contribution in [2.45, 2.75) is 19.4 Å². The van der Waals surface area contributed by atoms with Gasteiger partial charge >= 0.3 is 0 Å². The third-order valence-electron chi connectivity index (χ3n) is 2.80. The van der Waals surface area contributed by atoms with Gasteiger partial charge in [0.25, 0.3) is 0 Å². The molecule has 1 unspecified atom stereocenters. The molecule has 5 heteroatoms. The average Bonchev–Trinajstić information content (AvgIpc) is 2.80. The second kappa shape index (κ2) is 5.64. The molecule has 0 radical (unpaired) electrons. The molecule has 3 N–H and O–H groups in total. The zero-order chi connectivity index (χ0) is 13.0. The molecule has 1 amide bonds. The molecule has 1 atom stereocenters. The van der Waals surface area contributed by atoms with E-state index in [1.54, 1.807) is 0 Å². The van der Waals surface area contributed by atoms with Crippen LogP contribution in [0.3, 0.4) is 0 Å². The van der Waals surface area contributed by atoms with Gasteiger partial charge in [-0.05, 0) is 26.1 Å². The number of hydrogen-bond donors (Lipinski definition) is 3. The maximum absolute atomic E-state index is 11.6. The molecule has 0 aliphatic carbocycles. The van der Waals surface area contributed by atoms with Crippen LogP contribution in [-0.4, -0.2) is 29.5 Å². The monoisotopic (exact) mass is 246 g/mol. The summed E-state index contributed by atoms with van der Waals surface area (Å²) in [6.07, 6.45) is 0.473. The fourth-order valence-electron chi connectivity index (χ4n) is 1.80. The minimum absolute atomic E-state index is 0.0253. The lowest BCUT2D eigenvalue weighted by Crippen LogP contribution is -2.29. The molecule has 0 bridgehead atoms. The van der Waals surface area contributed by atoms with Gasteiger partial charge in [-0.1, -0.05) is 12.1 Å². The lowest BCUT2D eigenvalue weighted by atomic mass is 10.3. The first-order valence-corrected chi connectivity index (χ1v) is 6.09. The third-order valence-corrected chi connectivity index (χ3v) is 2.80. The number of carbonyl (C=O) groups excluding carboxylic acids is 1. The lowest BCUT2D eigenvalue weighted by Gasteiger charge is -2.11. The van der Waals surface area contributed by atoms with E-state index in [2.05, 4.69) is 20.6 Å². The molecule has 1 heterocycles. The number of carbonyl (C=O) groups is 1. The van der Waals surface area contributed by atoms with Crippen molar-refractivity contribution in [1.82, 2.24) is 20.6 Å². The van der Waals surface area contributed by atoms with E-state index < -0.39 is 0 Å². The summed E-state index contributed by atoms with van der Waals surface area (Å²) < 4.78 is 0. The van der Waals surface area contributed by atoms with E-state index in [0.29, 0.717) is 13.0 Å². The van der Waals surface area contributed by atoms with Crippen LogP contribution >= 0.6 is 0 Å². The van der Waals surface area contributed by atoms with Crippen LogP contribution < -0.4 is 10.6 Å². The molecule has 1 aromatic heterocycles. The van der Waals surface area contributed by atoms with Gasteiger partial charge in [0.1, 0.15) is 5.82 Å². The zero-order valence-electron chi connectivity index (χ0n) is 10.7. The summed E-state index contributed by atoms with van der Waals surface area (Å²) in [6.45, 7) is 2.60. The van der Waals surface area contributed by atoms with E-state index >= 15 is 0 Å². The molecule has 0 aliphatic rings. The Labute approximate surface area is 106 Å². The second-order valence-corrected chi connectivity index (χ2v) is 4.28. The predicted octanol–water partition coefficient (Wildman–Crippen LogP) is 1.35. The zero-order valence-corrected chi connectivity index (χ0v) is 10.7. The van der Waals surface area contributed by atoms with E-state index in [4.69, 9.17) is 0 Å². The molecular weight excluding hydrogens is 228 g/mol. The largest absolute Gasteiger partial charge is 0.346 e. The van der Waals surface area contributed by atoms with Crippen LogP contribution in [0.4, 0.5) is 0 Å². The topological polar surface area (TPSA) is 69.8 Å². The number of para-hydroxylation sites is 2. The SMILES string of the molecule is CNCCC(=O)NC(C)c1nc2ccccc2[nH]1. The summed E-state index contributed by atoms with van der Waals surface area (Å²) in [5, 5.41) is 5.87. The molecule has 5 nitrogen and oxygen atoms in total. The van der Waals surface area contributed by atoms with Gasteiger partial charge in [-0.3, -0.25) is 4.79 Å². The van der Waals surface area contributed by atoms with Crippen LogP contribution in [0.2, 0.25) is 0 Å². The molecule has 0 saturated carbocycles. The summed E-state index contributed by atoms with van der Waals surface area (Å²) in [5.74, 6) is 0.811. The highest BCUT2D eigenvalue weighted by atomic mass is 16.1. The van der Waals surface area contributed by atoms with Crippen LogP contribution in [0.15, 0.2) is 24.3 Å². The summed E-state index contributed by atoms with van der Waals surface area (Å²) in [7, 11) is 1.83. The minimum atomic E-state index is -0.109. The fourth-order valence-corrected chi connectivity index (χ4v) is 1.80. The van der Waals surface area contributed by atoms with Gasteiger partial charge in [0.15, 0.2) is 0 Å². The fraction of sp³-hybridized carbons (Fsp3) is 0.385. The average molecular weight is 246 g/mol. The first-order chi connectivity index (χ1) is 8.70. The van der Waals surface area contributed by atoms with Crippen molar-refractivity contribution in [2.75, 3.05) is 13.6 Å². The number of nitrogens with zero attached hydrogens (tertiary/aromatic N) is 1. The standard InChI is InChI=1S/C13H18N4O/c1-9(15-12(18)7-8-14-2)13-16-10-5-3-4-6-11(10)17-13/h3-6,9,14H,7-8H2,1-2H3,(H,15,18)(H,16,17). The summed E-state index contributed by atoms with van der Waals surface area (Å²) in [6, 6.07) is 7.72. The Morgan fingerprint density at radius 3 is 2.94 bits per heavy atom. The molecule has 1 aromatic carbocycles. The van der Waals surface area contributed by atoms with Crippen molar-refractivity contribution in [3.8, 4) is 0 Å². The molecule has 2 aromatic rings. The Bertz CT molecular complexity index is 502. The number of imidazole rings is 1. The first-order valence-electron chi connectivity index (χ1n) is 6.09. The van der Waals surface area contributed by atoms with Gasteiger partial charge in [-0.2, -0.15) is 0 Å². The Kier molecular flexibility index (Phi) is 3.94. The maximum atomic E-state index is 11.6. The van der Waals surface area contributed by atoms with Gasteiger partial charge in [0.05, 0.1) is 17.1 Å². The van der Waals surface area contributed by atoms with Crippen molar-refractivity contribution in [3.63, 3.8) is 0 Å². The van der Waals surface area contributed by atoms with Gasteiger partial charge in [0, 0.05) is 13.0 Å². The van der Waals surface area contributed by atoms with Crippen LogP contribution in [0.5, 0.6) is 0 Å². The van der Waals surface area contributed by atoms with Crippen LogP contribution in [0.1, 0.15) is 25.2 Å². The molecular formula is C13H18N4O. The van der Waals surface area contributed by atoms with Crippen LogP contribution in [0.25, 0.3) is 11.0 Å². The van der Waals surface area contributed by atoms with Gasteiger partial charge in [-0.25, -0.2) is 4.98 Å². The number of fused-ring (bicyclic) bond motifs is 1. The van der Waals surface area contributed by atoms with Crippen LogP contribution in [-0.2, 0) is 4.79 Å². The number of amides is 1. The van der Waals surface area contributed by atoms with E-state index in [-0.39, 0.29) is 11.9 Å². The molecule has 18 heavy (non-hydrogen) atoms. The van der Waals surface area contributed by atoms with Gasteiger partial charge in [0.2, 0.25) is 5.91 Å². The molecule has 96 valence electrons. The summed E-state index contributed by atoms with van der Waals surface area (Å²) in [5.41, 5.74) is 1.91. The number of aromatic amines is 1. The Hall–Kier alpha value is -1.88. The number of nitrogens with one attached hydrogen (secondary N) is 3. The van der Waals surface area contributed by atoms with E-state index in [9.17, 15) is 4.79 Å². The van der Waals surface area contributed by atoms with Crippen LogP contribution in [0, 0.1) is 0 Å². The Balaban J connectivity index is 2.04. The van der Waals surface area contributed by atoms with E-state index in [1.165, 1.54) is 0 Å². The molecule has 2 rings (SSSR count). The molecule has 0 saturated heterocycles. The smallest absolute Gasteiger partial charge is 0.221 e. The molecule has 0 aliphatic heterocycles. The number of H-pyrrole nitrogens is 1. The normalized spacial score (nSPS) is 12.6. The maximum Gasteiger partial charge on any atom is 0.221 e. The minimum Gasteiger partial charge on any atom is -0.346 e. The number of aromatic nitrogens is 2. The van der Waals surface area contributed by atoms with Crippen molar-refractivity contribution in [1.29, 1.82) is 0 Å². The van der Waals surface area contributed by atoms with Gasteiger partial charge in [-0.15, -0.1) is 0 Å². The Morgan fingerprint density at radius 1 is 1.44 bits per heavy atom. The van der Waals surface area contributed by atoms with Crippen molar-refractivity contribution in [2.24, 2.45) is 0 Å². The van der Waals surface area contributed by atoms with Crippen molar-refractivity contribution >= 4 is 16.9 Å².